The van der Waals surface area contributed by atoms with Crippen LogP contribution in [0.1, 0.15) is 70.4 Å². The predicted octanol–water partition coefficient (Wildman–Crippen LogP) is 4.89. The van der Waals surface area contributed by atoms with E-state index in [1.165, 1.54) is 18.2 Å². The number of rotatable bonds is 8. The molecule has 158 valence electrons. The lowest BCUT2D eigenvalue weighted by Gasteiger charge is -2.36. The van der Waals surface area contributed by atoms with Gasteiger partial charge in [0.25, 0.3) is 0 Å². The molecule has 0 N–H and O–H groups in total. The number of hydrogen-bond acceptors (Lipinski definition) is 6. The van der Waals surface area contributed by atoms with Gasteiger partial charge in [-0.1, -0.05) is 39.0 Å². The van der Waals surface area contributed by atoms with Crippen LogP contribution in [0.15, 0.2) is 28.0 Å². The van der Waals surface area contributed by atoms with Crippen LogP contribution in [0.5, 0.6) is 0 Å². The van der Waals surface area contributed by atoms with Crippen LogP contribution in [0.2, 0.25) is 0 Å². The monoisotopic (exact) mass is 417 g/mol. The molecular weight excluding hydrogens is 386 g/mol. The predicted molar refractivity (Wildman–Crippen MR) is 112 cm³/mol. The van der Waals surface area contributed by atoms with Crippen molar-refractivity contribution in [2.45, 2.75) is 76.6 Å². The molecule has 0 radical (unpaired) electrons. The van der Waals surface area contributed by atoms with Gasteiger partial charge in [-0.2, -0.15) is 0 Å². The Bertz CT molecular complexity index is 813. The van der Waals surface area contributed by atoms with Gasteiger partial charge in [-0.05, 0) is 55.6 Å². The molecule has 2 aromatic rings. The zero-order valence-electron chi connectivity index (χ0n) is 17.5. The minimum Gasteiger partial charge on any atom is -0.467 e. The van der Waals surface area contributed by atoms with Gasteiger partial charge in [-0.15, -0.1) is 10.2 Å². The fourth-order valence-electron chi connectivity index (χ4n) is 4.33. The third kappa shape index (κ3) is 5.05. The fraction of sp³-hybridized carbons (Fsp3) is 0.682. The van der Waals surface area contributed by atoms with E-state index in [1.54, 1.807) is 6.26 Å². The summed E-state index contributed by atoms with van der Waals surface area (Å²) in [7, 11) is 0. The summed E-state index contributed by atoms with van der Waals surface area (Å²) in [5, 5.41) is 9.52. The van der Waals surface area contributed by atoms with E-state index in [0.29, 0.717) is 30.2 Å². The summed E-state index contributed by atoms with van der Waals surface area (Å²) in [4.78, 5) is 12.6. The minimum atomic E-state index is -0.153. The van der Waals surface area contributed by atoms with Crippen molar-refractivity contribution in [1.82, 2.24) is 14.8 Å². The molecule has 2 heterocycles. The van der Waals surface area contributed by atoms with Crippen molar-refractivity contribution in [1.29, 1.82) is 0 Å². The quantitative estimate of drug-likeness (QED) is 0.450. The Morgan fingerprint density at radius 3 is 2.83 bits per heavy atom. The van der Waals surface area contributed by atoms with Crippen LogP contribution < -0.4 is 0 Å². The van der Waals surface area contributed by atoms with E-state index in [0.717, 1.165) is 42.4 Å². The number of carbonyl (C=O) groups excluding carboxylic acids is 1. The first-order chi connectivity index (χ1) is 14.0. The first kappa shape index (κ1) is 20.5. The van der Waals surface area contributed by atoms with Gasteiger partial charge in [0.05, 0.1) is 18.6 Å². The Labute approximate surface area is 176 Å². The highest BCUT2D eigenvalue weighted by Gasteiger charge is 2.34. The molecule has 7 heteroatoms. The van der Waals surface area contributed by atoms with Crippen molar-refractivity contribution in [2.24, 2.45) is 17.8 Å². The summed E-state index contributed by atoms with van der Waals surface area (Å²) < 4.78 is 13.5. The van der Waals surface area contributed by atoms with Crippen LogP contribution in [0.3, 0.4) is 0 Å². The lowest BCUT2D eigenvalue weighted by Crippen LogP contribution is -2.36. The van der Waals surface area contributed by atoms with Gasteiger partial charge in [0.15, 0.2) is 5.16 Å². The van der Waals surface area contributed by atoms with E-state index in [1.807, 2.05) is 12.1 Å². The summed E-state index contributed by atoms with van der Waals surface area (Å²) in [5.41, 5.74) is 0. The van der Waals surface area contributed by atoms with Crippen molar-refractivity contribution >= 4 is 17.7 Å². The highest BCUT2D eigenvalue weighted by Crippen LogP contribution is 2.40. The van der Waals surface area contributed by atoms with Crippen LogP contribution in [-0.4, -0.2) is 32.6 Å². The summed E-state index contributed by atoms with van der Waals surface area (Å²) in [6.07, 6.45) is 7.36. The molecule has 2 aliphatic carbocycles. The van der Waals surface area contributed by atoms with Gasteiger partial charge in [-0.25, -0.2) is 0 Å². The number of furan rings is 1. The normalized spacial score (nSPS) is 24.8. The summed E-state index contributed by atoms with van der Waals surface area (Å²) >= 11 is 1.42. The van der Waals surface area contributed by atoms with Crippen LogP contribution in [0.25, 0.3) is 0 Å². The van der Waals surface area contributed by atoms with Crippen LogP contribution in [0, 0.1) is 17.8 Å². The number of nitrogens with zero attached hydrogens (tertiary/aromatic N) is 3. The van der Waals surface area contributed by atoms with Crippen molar-refractivity contribution in [3.05, 3.63) is 30.0 Å². The third-order valence-corrected chi connectivity index (χ3v) is 7.09. The van der Waals surface area contributed by atoms with E-state index >= 15 is 0 Å². The molecule has 0 aliphatic heterocycles. The molecule has 2 aliphatic rings. The zero-order valence-corrected chi connectivity index (χ0v) is 18.4. The van der Waals surface area contributed by atoms with E-state index < -0.39 is 0 Å². The molecule has 29 heavy (non-hydrogen) atoms. The Balaban J connectivity index is 1.39. The van der Waals surface area contributed by atoms with E-state index in [2.05, 4.69) is 35.5 Å². The van der Waals surface area contributed by atoms with Gasteiger partial charge in [0.2, 0.25) is 0 Å². The molecule has 3 atom stereocenters. The molecular formula is C22H31N3O3S. The van der Waals surface area contributed by atoms with Gasteiger partial charge in [0.1, 0.15) is 17.7 Å². The summed E-state index contributed by atoms with van der Waals surface area (Å²) in [6.45, 7) is 7.31. The van der Waals surface area contributed by atoms with E-state index in [9.17, 15) is 4.79 Å². The number of hydrogen-bond donors (Lipinski definition) is 0. The highest BCUT2D eigenvalue weighted by molar-refractivity contribution is 7.99. The maximum absolute atomic E-state index is 12.6. The topological polar surface area (TPSA) is 70.2 Å². The standard InChI is InChI=1S/C22H31N3O3S/c1-14(2)18-9-6-15(3)11-19(18)28-20(26)13-29-22-24-23-21(16-7-8-16)25(22)12-17-5-4-10-27-17/h4-5,10,14-16,18-19H,6-9,11-13H2,1-3H3. The molecule has 6 nitrogen and oxygen atoms in total. The van der Waals surface area contributed by atoms with Gasteiger partial charge in [0, 0.05) is 5.92 Å². The third-order valence-electron chi connectivity index (χ3n) is 6.15. The average molecular weight is 418 g/mol. The Kier molecular flexibility index (Phi) is 6.32. The minimum absolute atomic E-state index is 0.0369. The van der Waals surface area contributed by atoms with Crippen LogP contribution >= 0.6 is 11.8 Å². The van der Waals surface area contributed by atoms with E-state index in [4.69, 9.17) is 9.15 Å². The number of thioether (sulfide) groups is 1. The highest BCUT2D eigenvalue weighted by atomic mass is 32.2. The van der Waals surface area contributed by atoms with Gasteiger partial charge >= 0.3 is 5.97 Å². The SMILES string of the molecule is CC1CCC(C(C)C)C(OC(=O)CSc2nnc(C3CC3)n2Cc2ccco2)C1. The van der Waals surface area contributed by atoms with Crippen LogP contribution in [0.4, 0.5) is 0 Å². The van der Waals surface area contributed by atoms with Gasteiger partial charge < -0.3 is 9.15 Å². The maximum Gasteiger partial charge on any atom is 0.316 e. The molecule has 2 saturated carbocycles. The molecule has 0 amide bonds. The molecule has 3 unspecified atom stereocenters. The molecule has 0 spiro atoms. The molecule has 0 aromatic carbocycles. The van der Waals surface area contributed by atoms with E-state index in [-0.39, 0.29) is 17.8 Å². The molecule has 2 fully saturated rings. The molecule has 0 bridgehead atoms. The second kappa shape index (κ2) is 8.94. The van der Waals surface area contributed by atoms with Crippen molar-refractivity contribution < 1.29 is 13.9 Å². The molecule has 2 aromatic heterocycles. The zero-order chi connectivity index (χ0) is 20.4. The Morgan fingerprint density at radius 1 is 1.31 bits per heavy atom. The maximum atomic E-state index is 12.6. The lowest BCUT2D eigenvalue weighted by molar-refractivity contribution is -0.152. The van der Waals surface area contributed by atoms with Crippen LogP contribution in [-0.2, 0) is 16.1 Å². The number of aromatic nitrogens is 3. The number of esters is 1. The van der Waals surface area contributed by atoms with Crippen molar-refractivity contribution in [3.63, 3.8) is 0 Å². The summed E-state index contributed by atoms with van der Waals surface area (Å²) in [5.74, 6) is 4.07. The Morgan fingerprint density at radius 2 is 2.14 bits per heavy atom. The summed E-state index contributed by atoms with van der Waals surface area (Å²) in [6, 6.07) is 3.84. The molecule has 0 saturated heterocycles. The first-order valence-corrected chi connectivity index (χ1v) is 11.8. The molecule has 4 rings (SSSR count). The fourth-order valence-corrected chi connectivity index (χ4v) is 5.06. The largest absolute Gasteiger partial charge is 0.467 e. The van der Waals surface area contributed by atoms with Gasteiger partial charge in [-0.3, -0.25) is 9.36 Å². The second-order valence-electron chi connectivity index (χ2n) is 8.92. The smallest absolute Gasteiger partial charge is 0.316 e. The lowest BCUT2D eigenvalue weighted by atomic mass is 9.75. The second-order valence-corrected chi connectivity index (χ2v) is 9.87. The average Bonchev–Trinajstić information content (AvgIpc) is 3.24. The van der Waals surface area contributed by atoms with Crippen molar-refractivity contribution in [2.75, 3.05) is 5.75 Å². The Hall–Kier alpha value is -1.76. The first-order valence-electron chi connectivity index (χ1n) is 10.8. The number of ether oxygens (including phenoxy) is 1. The van der Waals surface area contributed by atoms with Crippen molar-refractivity contribution in [3.8, 4) is 0 Å². The number of carbonyl (C=O) groups is 1.